The van der Waals surface area contributed by atoms with Crippen molar-refractivity contribution in [3.05, 3.63) is 93.9 Å². The highest BCUT2D eigenvalue weighted by molar-refractivity contribution is 6.05. The molecule has 0 aliphatic carbocycles. The third kappa shape index (κ3) is 7.15. The fourth-order valence-electron chi connectivity index (χ4n) is 5.34. The highest BCUT2D eigenvalue weighted by atomic mass is 16.5. The van der Waals surface area contributed by atoms with Gasteiger partial charge in [0.1, 0.15) is 0 Å². The topological polar surface area (TPSA) is 146 Å². The van der Waals surface area contributed by atoms with Gasteiger partial charge in [0.05, 0.1) is 24.5 Å². The molecule has 11 heteroatoms. The van der Waals surface area contributed by atoms with Crippen LogP contribution in [0, 0.1) is 6.92 Å². The van der Waals surface area contributed by atoms with E-state index < -0.39 is 5.56 Å². The Morgan fingerprint density at radius 3 is 2.51 bits per heavy atom. The van der Waals surface area contributed by atoms with Gasteiger partial charge < -0.3 is 35.9 Å². The highest BCUT2D eigenvalue weighted by Gasteiger charge is 2.21. The highest BCUT2D eigenvalue weighted by Crippen LogP contribution is 2.29. The molecule has 5 rings (SSSR count). The number of aromatic nitrogens is 2. The molecule has 1 aliphatic heterocycles. The van der Waals surface area contributed by atoms with E-state index in [9.17, 15) is 14.4 Å². The number of nitrogen functional groups attached to an aromatic ring is 1. The largest absolute Gasteiger partial charge is 0.398 e. The molecule has 0 radical (unpaired) electrons. The average molecular weight is 610 g/mol. The Morgan fingerprint density at radius 2 is 1.82 bits per heavy atom. The number of ether oxygens (including phenoxy) is 1. The number of anilines is 5. The predicted molar refractivity (Wildman–Crippen MR) is 178 cm³/mol. The molecule has 4 aromatic rings. The molecule has 45 heavy (non-hydrogen) atoms. The lowest BCUT2D eigenvalue weighted by atomic mass is 10.0. The summed E-state index contributed by atoms with van der Waals surface area (Å²) < 4.78 is 5.33. The van der Waals surface area contributed by atoms with Gasteiger partial charge in [-0.3, -0.25) is 14.4 Å². The number of amides is 2. The van der Waals surface area contributed by atoms with Crippen molar-refractivity contribution in [3.8, 4) is 11.3 Å². The van der Waals surface area contributed by atoms with Gasteiger partial charge in [0.25, 0.3) is 17.4 Å². The first-order chi connectivity index (χ1) is 21.8. The smallest absolute Gasteiger partial charge is 0.291 e. The zero-order valence-electron chi connectivity index (χ0n) is 25.9. The van der Waals surface area contributed by atoms with Crippen molar-refractivity contribution in [3.63, 3.8) is 0 Å². The second-order valence-electron chi connectivity index (χ2n) is 10.9. The lowest BCUT2D eigenvalue weighted by molar-refractivity contribution is 0.0303. The zero-order chi connectivity index (χ0) is 31.9. The standard InChI is InChI=1S/C34H39N7O4/c1-4-15-40(5-2)25-12-9-23(10-13-25)32(42)39-29-8-6-7-26(22(29)3)30-21-36-33(43)31(38-30)37-24-11-14-27(28(35)20-24)34(44)41-16-18-45-19-17-41/h6-14,20-21H,4-5,15-19,35H2,1-3H3,(H,36,43)(H,37,38)(H,39,42). The zero-order valence-corrected chi connectivity index (χ0v) is 25.9. The van der Waals surface area contributed by atoms with Crippen molar-refractivity contribution in [1.29, 1.82) is 0 Å². The van der Waals surface area contributed by atoms with Crippen LogP contribution in [0.15, 0.2) is 71.7 Å². The summed E-state index contributed by atoms with van der Waals surface area (Å²) in [4.78, 5) is 50.0. The van der Waals surface area contributed by atoms with Crippen molar-refractivity contribution in [2.75, 3.05) is 60.7 Å². The van der Waals surface area contributed by atoms with Crippen LogP contribution in [-0.2, 0) is 4.74 Å². The van der Waals surface area contributed by atoms with Crippen LogP contribution in [0.4, 0.5) is 28.6 Å². The molecule has 5 N–H and O–H groups in total. The number of benzene rings is 3. The number of nitrogens with one attached hydrogen (secondary N) is 3. The van der Waals surface area contributed by atoms with Crippen molar-refractivity contribution >= 4 is 40.4 Å². The molecule has 0 spiro atoms. The summed E-state index contributed by atoms with van der Waals surface area (Å²) >= 11 is 0. The summed E-state index contributed by atoms with van der Waals surface area (Å²) in [6, 6.07) is 18.1. The Bertz CT molecular complexity index is 1730. The first-order valence-electron chi connectivity index (χ1n) is 15.2. The van der Waals surface area contributed by atoms with Crippen LogP contribution in [-0.4, -0.2) is 66.1 Å². The number of hydrogen-bond acceptors (Lipinski definition) is 8. The van der Waals surface area contributed by atoms with E-state index in [1.807, 2.05) is 49.4 Å². The Hall–Kier alpha value is -5.16. The van der Waals surface area contributed by atoms with Crippen LogP contribution in [0.2, 0.25) is 0 Å². The Balaban J connectivity index is 1.32. The molecule has 3 aromatic carbocycles. The van der Waals surface area contributed by atoms with Crippen LogP contribution < -0.4 is 26.8 Å². The number of carbonyl (C=O) groups is 2. The van der Waals surface area contributed by atoms with Gasteiger partial charge in [-0.15, -0.1) is 0 Å². The van der Waals surface area contributed by atoms with E-state index in [1.165, 1.54) is 6.20 Å². The van der Waals surface area contributed by atoms with Gasteiger partial charge in [-0.2, -0.15) is 0 Å². The van der Waals surface area contributed by atoms with Gasteiger partial charge in [0, 0.05) is 66.3 Å². The van der Waals surface area contributed by atoms with Crippen LogP contribution in [0.5, 0.6) is 0 Å². The second kappa shape index (κ2) is 14.1. The Labute approximate surface area is 262 Å². The molecule has 0 saturated carbocycles. The fourth-order valence-corrected chi connectivity index (χ4v) is 5.34. The molecule has 234 valence electrons. The van der Waals surface area contributed by atoms with Gasteiger partial charge in [-0.25, -0.2) is 4.98 Å². The lowest BCUT2D eigenvalue weighted by Crippen LogP contribution is -2.40. The minimum absolute atomic E-state index is 0.0669. The fraction of sp³-hybridized carbons (Fsp3) is 0.294. The molecule has 1 aliphatic rings. The van der Waals surface area contributed by atoms with Crippen molar-refractivity contribution in [1.82, 2.24) is 14.9 Å². The number of rotatable bonds is 10. The summed E-state index contributed by atoms with van der Waals surface area (Å²) in [5.74, 6) is -0.308. The van der Waals surface area contributed by atoms with Crippen molar-refractivity contribution < 1.29 is 14.3 Å². The van der Waals surface area contributed by atoms with Crippen molar-refractivity contribution in [2.45, 2.75) is 27.2 Å². The molecule has 1 saturated heterocycles. The molecule has 0 bridgehead atoms. The Kier molecular flexibility index (Phi) is 9.79. The molecule has 11 nitrogen and oxygen atoms in total. The summed E-state index contributed by atoms with van der Waals surface area (Å²) in [6.07, 6.45) is 2.58. The summed E-state index contributed by atoms with van der Waals surface area (Å²) in [5.41, 5.74) is 11.3. The van der Waals surface area contributed by atoms with E-state index in [-0.39, 0.29) is 17.6 Å². The monoisotopic (exact) mass is 609 g/mol. The number of H-pyrrole nitrogens is 1. The van der Waals surface area contributed by atoms with E-state index in [2.05, 4.69) is 39.3 Å². The number of morpholine rings is 1. The maximum atomic E-state index is 13.1. The van der Waals surface area contributed by atoms with Gasteiger partial charge >= 0.3 is 0 Å². The molecular formula is C34H39N7O4. The number of carbonyl (C=O) groups excluding carboxylic acids is 2. The first kappa shape index (κ1) is 31.3. The molecule has 0 unspecified atom stereocenters. The van der Waals surface area contributed by atoms with E-state index >= 15 is 0 Å². The summed E-state index contributed by atoms with van der Waals surface area (Å²) in [6.45, 7) is 10.0. The van der Waals surface area contributed by atoms with Gasteiger partial charge in [0.2, 0.25) is 0 Å². The van der Waals surface area contributed by atoms with Gasteiger partial charge in [0.15, 0.2) is 5.82 Å². The molecule has 1 aromatic heterocycles. The van der Waals surface area contributed by atoms with Crippen LogP contribution in [0.1, 0.15) is 46.5 Å². The van der Waals surface area contributed by atoms with Gasteiger partial charge in [-0.05, 0) is 74.4 Å². The maximum absolute atomic E-state index is 13.1. The maximum Gasteiger partial charge on any atom is 0.291 e. The quantitative estimate of drug-likeness (QED) is 0.183. The molecule has 2 heterocycles. The van der Waals surface area contributed by atoms with Gasteiger partial charge in [-0.1, -0.05) is 19.1 Å². The lowest BCUT2D eigenvalue weighted by Gasteiger charge is -2.27. The molecular weight excluding hydrogens is 570 g/mol. The number of nitrogens with zero attached hydrogens (tertiary/aromatic N) is 3. The third-order valence-electron chi connectivity index (χ3n) is 7.86. The molecule has 0 atom stereocenters. The Morgan fingerprint density at radius 1 is 1.07 bits per heavy atom. The number of hydrogen-bond donors (Lipinski definition) is 4. The number of aromatic amines is 1. The van der Waals surface area contributed by atoms with E-state index in [0.29, 0.717) is 60.2 Å². The number of nitrogens with two attached hydrogens (primary N) is 1. The van der Waals surface area contributed by atoms with Crippen molar-refractivity contribution in [2.24, 2.45) is 0 Å². The van der Waals surface area contributed by atoms with E-state index in [0.717, 1.165) is 36.3 Å². The van der Waals surface area contributed by atoms with Crippen LogP contribution >= 0.6 is 0 Å². The first-order valence-corrected chi connectivity index (χ1v) is 15.2. The SMILES string of the molecule is CCCN(CC)c1ccc(C(=O)Nc2cccc(-c3c[nH]c(=O)c(Nc4ccc(C(=O)N5CCOCC5)c(N)c4)n3)c2C)cc1. The normalized spacial score (nSPS) is 12.9. The third-order valence-corrected chi connectivity index (χ3v) is 7.86. The predicted octanol–water partition coefficient (Wildman–Crippen LogP) is 5.03. The summed E-state index contributed by atoms with van der Waals surface area (Å²) in [7, 11) is 0. The molecule has 2 amide bonds. The van der Waals surface area contributed by atoms with E-state index in [1.54, 1.807) is 23.1 Å². The second-order valence-corrected chi connectivity index (χ2v) is 10.9. The molecule has 1 fully saturated rings. The van der Waals surface area contributed by atoms with Crippen LogP contribution in [0.3, 0.4) is 0 Å². The average Bonchev–Trinajstić information content (AvgIpc) is 3.06. The minimum Gasteiger partial charge on any atom is -0.398 e. The van der Waals surface area contributed by atoms with Crippen LogP contribution in [0.25, 0.3) is 11.3 Å². The summed E-state index contributed by atoms with van der Waals surface area (Å²) in [5, 5.41) is 6.04. The van der Waals surface area contributed by atoms with E-state index in [4.69, 9.17) is 10.5 Å². The minimum atomic E-state index is -0.420.